The van der Waals surface area contributed by atoms with Crippen molar-refractivity contribution in [2.45, 2.75) is 6.10 Å². The molecule has 1 atom stereocenters. The quantitative estimate of drug-likeness (QED) is 0.757. The van der Waals surface area contributed by atoms with Crippen molar-refractivity contribution >= 4 is 0 Å². The van der Waals surface area contributed by atoms with Crippen molar-refractivity contribution in [1.82, 2.24) is 0 Å². The lowest BCUT2D eigenvalue weighted by Gasteiger charge is -2.26. The zero-order valence-electron chi connectivity index (χ0n) is 8.86. The van der Waals surface area contributed by atoms with E-state index in [0.29, 0.717) is 13.2 Å². The van der Waals surface area contributed by atoms with E-state index in [9.17, 15) is 0 Å². The Morgan fingerprint density at radius 1 is 1.33 bits per heavy atom. The minimum atomic E-state index is -0.0316. The second-order valence-electron chi connectivity index (χ2n) is 3.32. The average Bonchev–Trinajstić information content (AvgIpc) is 2.29. The summed E-state index contributed by atoms with van der Waals surface area (Å²) in [4.78, 5) is 0. The van der Waals surface area contributed by atoms with Crippen LogP contribution in [0.4, 0.5) is 0 Å². The highest BCUT2D eigenvalue weighted by atomic mass is 16.6. The molecular formula is C11H14O4. The molecule has 0 saturated carbocycles. The summed E-state index contributed by atoms with van der Waals surface area (Å²) in [6.45, 7) is 1.04. The molecule has 4 heteroatoms. The highest BCUT2D eigenvalue weighted by Crippen LogP contribution is 2.34. The van der Waals surface area contributed by atoms with E-state index in [1.54, 1.807) is 14.2 Å². The van der Waals surface area contributed by atoms with E-state index < -0.39 is 0 Å². The number of ether oxygens (including phenoxy) is 4. The van der Waals surface area contributed by atoms with Crippen LogP contribution in [0.3, 0.4) is 0 Å². The summed E-state index contributed by atoms with van der Waals surface area (Å²) < 4.78 is 21.3. The molecule has 0 amide bonds. The van der Waals surface area contributed by atoms with Crippen molar-refractivity contribution < 1.29 is 18.9 Å². The van der Waals surface area contributed by atoms with Crippen molar-refractivity contribution in [3.63, 3.8) is 0 Å². The second kappa shape index (κ2) is 4.40. The van der Waals surface area contributed by atoms with E-state index in [1.807, 2.05) is 18.2 Å². The van der Waals surface area contributed by atoms with Crippen molar-refractivity contribution in [2.75, 3.05) is 27.4 Å². The van der Waals surface area contributed by atoms with Gasteiger partial charge in [-0.3, -0.25) is 0 Å². The zero-order valence-corrected chi connectivity index (χ0v) is 8.86. The Labute approximate surface area is 88.7 Å². The van der Waals surface area contributed by atoms with E-state index in [2.05, 4.69) is 0 Å². The molecule has 0 bridgehead atoms. The minimum absolute atomic E-state index is 0.0316. The van der Waals surface area contributed by atoms with Crippen LogP contribution in [0.5, 0.6) is 17.2 Å². The number of benzene rings is 1. The van der Waals surface area contributed by atoms with Gasteiger partial charge in [0.15, 0.2) is 17.6 Å². The molecular weight excluding hydrogens is 196 g/mol. The normalized spacial score (nSPS) is 18.7. The van der Waals surface area contributed by atoms with Gasteiger partial charge in [0.2, 0.25) is 0 Å². The summed E-state index contributed by atoms with van der Waals surface area (Å²) in [5.74, 6) is 2.23. The van der Waals surface area contributed by atoms with Crippen LogP contribution in [-0.4, -0.2) is 33.5 Å². The average molecular weight is 210 g/mol. The molecule has 0 aliphatic carbocycles. The standard InChI is InChI=1S/C11H14O4/c1-12-6-9-7-14-11-5-8(13-2)3-4-10(11)15-9/h3-5,9H,6-7H2,1-2H3/t9-/m1/s1. The summed E-state index contributed by atoms with van der Waals surface area (Å²) in [6, 6.07) is 5.51. The monoisotopic (exact) mass is 210 g/mol. The molecule has 1 aromatic carbocycles. The van der Waals surface area contributed by atoms with Gasteiger partial charge in [0.25, 0.3) is 0 Å². The van der Waals surface area contributed by atoms with Crippen molar-refractivity contribution in [3.05, 3.63) is 18.2 Å². The summed E-state index contributed by atoms with van der Waals surface area (Å²) in [5.41, 5.74) is 0. The number of fused-ring (bicyclic) bond motifs is 1. The predicted octanol–water partition coefficient (Wildman–Crippen LogP) is 1.48. The van der Waals surface area contributed by atoms with Gasteiger partial charge in [-0.2, -0.15) is 0 Å². The fourth-order valence-corrected chi connectivity index (χ4v) is 1.49. The topological polar surface area (TPSA) is 36.9 Å². The van der Waals surface area contributed by atoms with Crippen molar-refractivity contribution in [3.8, 4) is 17.2 Å². The van der Waals surface area contributed by atoms with Crippen molar-refractivity contribution in [2.24, 2.45) is 0 Å². The maximum absolute atomic E-state index is 5.67. The lowest BCUT2D eigenvalue weighted by atomic mass is 10.2. The van der Waals surface area contributed by atoms with Crippen LogP contribution in [0, 0.1) is 0 Å². The molecule has 0 spiro atoms. The maximum atomic E-state index is 5.67. The van der Waals surface area contributed by atoms with Gasteiger partial charge in [0, 0.05) is 13.2 Å². The smallest absolute Gasteiger partial charge is 0.165 e. The van der Waals surface area contributed by atoms with Gasteiger partial charge in [-0.15, -0.1) is 0 Å². The summed E-state index contributed by atoms with van der Waals surface area (Å²) in [7, 11) is 3.27. The van der Waals surface area contributed by atoms with Gasteiger partial charge < -0.3 is 18.9 Å². The molecule has 15 heavy (non-hydrogen) atoms. The molecule has 0 N–H and O–H groups in total. The van der Waals surface area contributed by atoms with Crippen molar-refractivity contribution in [1.29, 1.82) is 0 Å². The molecule has 0 fully saturated rings. The molecule has 1 aromatic rings. The Hall–Kier alpha value is -1.42. The molecule has 82 valence electrons. The lowest BCUT2D eigenvalue weighted by molar-refractivity contribution is 0.0270. The van der Waals surface area contributed by atoms with Crippen LogP contribution in [0.15, 0.2) is 18.2 Å². The van der Waals surface area contributed by atoms with Gasteiger partial charge in [-0.1, -0.05) is 0 Å². The molecule has 2 rings (SSSR count). The van der Waals surface area contributed by atoms with Gasteiger partial charge >= 0.3 is 0 Å². The Balaban J connectivity index is 2.13. The second-order valence-corrected chi connectivity index (χ2v) is 3.32. The van der Waals surface area contributed by atoms with E-state index in [4.69, 9.17) is 18.9 Å². The number of hydrogen-bond donors (Lipinski definition) is 0. The number of methoxy groups -OCH3 is 2. The largest absolute Gasteiger partial charge is 0.497 e. The molecule has 1 aliphatic rings. The van der Waals surface area contributed by atoms with Crippen LogP contribution < -0.4 is 14.2 Å². The number of hydrogen-bond acceptors (Lipinski definition) is 4. The fourth-order valence-electron chi connectivity index (χ4n) is 1.49. The summed E-state index contributed by atoms with van der Waals surface area (Å²) >= 11 is 0. The van der Waals surface area contributed by atoms with Crippen LogP contribution >= 0.6 is 0 Å². The fraction of sp³-hybridized carbons (Fsp3) is 0.455. The molecule has 1 aliphatic heterocycles. The minimum Gasteiger partial charge on any atom is -0.497 e. The highest BCUT2D eigenvalue weighted by Gasteiger charge is 2.21. The summed E-state index contributed by atoms with van der Waals surface area (Å²) in [6.07, 6.45) is -0.0316. The molecule has 4 nitrogen and oxygen atoms in total. The molecule has 0 saturated heterocycles. The summed E-state index contributed by atoms with van der Waals surface area (Å²) in [5, 5.41) is 0. The molecule has 1 heterocycles. The first-order chi connectivity index (χ1) is 7.33. The predicted molar refractivity (Wildman–Crippen MR) is 54.8 cm³/mol. The van der Waals surface area contributed by atoms with Crippen LogP contribution in [0.25, 0.3) is 0 Å². The maximum Gasteiger partial charge on any atom is 0.165 e. The Kier molecular flexibility index (Phi) is 2.97. The molecule has 0 aromatic heterocycles. The van der Waals surface area contributed by atoms with Crippen LogP contribution in [0.2, 0.25) is 0 Å². The van der Waals surface area contributed by atoms with E-state index in [0.717, 1.165) is 17.2 Å². The van der Waals surface area contributed by atoms with E-state index in [1.165, 1.54) is 0 Å². The first kappa shape index (κ1) is 10.1. The molecule has 0 unspecified atom stereocenters. The van der Waals surface area contributed by atoms with Gasteiger partial charge in [-0.25, -0.2) is 0 Å². The Bertz CT molecular complexity index is 337. The SMILES string of the molecule is COC[C@@H]1COc2cc(OC)ccc2O1. The van der Waals surface area contributed by atoms with Gasteiger partial charge in [-0.05, 0) is 12.1 Å². The third-order valence-electron chi connectivity index (χ3n) is 2.22. The first-order valence-electron chi connectivity index (χ1n) is 4.80. The van der Waals surface area contributed by atoms with Gasteiger partial charge in [0.05, 0.1) is 13.7 Å². The molecule has 0 radical (unpaired) electrons. The lowest BCUT2D eigenvalue weighted by Crippen LogP contribution is -2.32. The van der Waals surface area contributed by atoms with Crippen LogP contribution in [0.1, 0.15) is 0 Å². The zero-order chi connectivity index (χ0) is 10.7. The van der Waals surface area contributed by atoms with Gasteiger partial charge in [0.1, 0.15) is 12.4 Å². The third-order valence-corrected chi connectivity index (χ3v) is 2.22. The highest BCUT2D eigenvalue weighted by molar-refractivity contribution is 5.46. The number of rotatable bonds is 3. The Morgan fingerprint density at radius 3 is 2.93 bits per heavy atom. The third kappa shape index (κ3) is 2.15. The first-order valence-corrected chi connectivity index (χ1v) is 4.80. The van der Waals surface area contributed by atoms with E-state index in [-0.39, 0.29) is 6.10 Å². The Morgan fingerprint density at radius 2 is 2.20 bits per heavy atom. The van der Waals surface area contributed by atoms with Crippen LogP contribution in [-0.2, 0) is 4.74 Å². The van der Waals surface area contributed by atoms with E-state index >= 15 is 0 Å².